The van der Waals surface area contributed by atoms with Gasteiger partial charge in [-0.25, -0.2) is 0 Å². The minimum absolute atomic E-state index is 0.176. The van der Waals surface area contributed by atoms with E-state index < -0.39 is 12.0 Å². The molecule has 0 aliphatic rings. The van der Waals surface area contributed by atoms with Gasteiger partial charge in [-0.3, -0.25) is 14.3 Å². The second kappa shape index (κ2) is 11.0. The van der Waals surface area contributed by atoms with Crippen LogP contribution >= 0.6 is 11.6 Å². The van der Waals surface area contributed by atoms with Gasteiger partial charge in [-0.2, -0.15) is 5.10 Å². The van der Waals surface area contributed by atoms with Crippen molar-refractivity contribution in [3.8, 4) is 17.2 Å². The maximum Gasteiger partial charge on any atom is 0.257 e. The summed E-state index contributed by atoms with van der Waals surface area (Å²) in [5.41, 5.74) is 0.685. The molecule has 180 valence electrons. The van der Waals surface area contributed by atoms with E-state index in [1.807, 2.05) is 6.92 Å². The summed E-state index contributed by atoms with van der Waals surface area (Å²) in [4.78, 5) is 26.5. The highest BCUT2D eigenvalue weighted by Gasteiger charge is 2.16. The number of hydrogen-bond donors (Lipinski definition) is 2. The Morgan fingerprint density at radius 2 is 1.88 bits per heavy atom. The van der Waals surface area contributed by atoms with Gasteiger partial charge in [-0.05, 0) is 36.8 Å². The molecule has 0 unspecified atom stereocenters. The molecule has 0 aliphatic carbocycles. The van der Waals surface area contributed by atoms with Crippen LogP contribution in [-0.4, -0.2) is 58.4 Å². The van der Waals surface area contributed by atoms with Crippen LogP contribution in [0.15, 0.2) is 48.7 Å². The van der Waals surface area contributed by atoms with Gasteiger partial charge >= 0.3 is 0 Å². The molecule has 0 spiro atoms. The zero-order valence-corrected chi connectivity index (χ0v) is 20.2. The molecule has 0 saturated carbocycles. The van der Waals surface area contributed by atoms with Crippen molar-refractivity contribution in [1.29, 1.82) is 0 Å². The molecule has 2 aromatic carbocycles. The molecule has 1 aromatic heterocycles. The Labute approximate surface area is 202 Å². The number of nitrogens with one attached hydrogen (secondary N) is 1. The maximum atomic E-state index is 12.9. The third-order valence-corrected chi connectivity index (χ3v) is 5.17. The number of aryl methyl sites for hydroxylation is 1. The number of anilines is 1. The number of aliphatic hydroxyl groups excluding tert-OH is 1. The smallest absolute Gasteiger partial charge is 0.257 e. The summed E-state index contributed by atoms with van der Waals surface area (Å²) in [6.45, 7) is 1.70. The lowest BCUT2D eigenvalue weighted by Gasteiger charge is -2.17. The quantitative estimate of drug-likeness (QED) is 0.474. The molecule has 1 atom stereocenters. The average Bonchev–Trinajstić information content (AvgIpc) is 3.22. The Bertz CT molecular complexity index is 1170. The van der Waals surface area contributed by atoms with Crippen molar-refractivity contribution in [2.75, 3.05) is 26.0 Å². The number of halogens is 1. The average molecular weight is 487 g/mol. The summed E-state index contributed by atoms with van der Waals surface area (Å²) in [5, 5.41) is 16.6. The molecule has 34 heavy (non-hydrogen) atoms. The molecule has 0 aliphatic heterocycles. The summed E-state index contributed by atoms with van der Waals surface area (Å²) in [7, 11) is 5.05. The molecule has 3 aromatic rings. The fourth-order valence-corrected chi connectivity index (χ4v) is 3.26. The van der Waals surface area contributed by atoms with Crippen LogP contribution in [0.4, 0.5) is 5.82 Å². The van der Waals surface area contributed by atoms with Crippen molar-refractivity contribution in [3.05, 3.63) is 64.8 Å². The largest absolute Gasteiger partial charge is 0.488 e. The van der Waals surface area contributed by atoms with E-state index in [-0.39, 0.29) is 23.1 Å². The molecule has 10 heteroatoms. The van der Waals surface area contributed by atoms with Gasteiger partial charge in [0.2, 0.25) is 0 Å². The topological polar surface area (TPSA) is 106 Å². The number of benzene rings is 2. The molecule has 1 heterocycles. The highest BCUT2D eigenvalue weighted by Crippen LogP contribution is 2.33. The molecule has 0 bridgehead atoms. The number of amides is 2. The van der Waals surface area contributed by atoms with Crippen molar-refractivity contribution in [1.82, 2.24) is 14.7 Å². The lowest BCUT2D eigenvalue weighted by molar-refractivity contribution is 0.0827. The van der Waals surface area contributed by atoms with Crippen LogP contribution in [0.1, 0.15) is 34.1 Å². The zero-order valence-electron chi connectivity index (χ0n) is 19.4. The van der Waals surface area contributed by atoms with Gasteiger partial charge in [0.25, 0.3) is 11.8 Å². The number of hydrogen-bond acceptors (Lipinski definition) is 6. The van der Waals surface area contributed by atoms with Gasteiger partial charge in [0, 0.05) is 50.6 Å². The molecule has 0 saturated heterocycles. The zero-order chi connectivity index (χ0) is 24.8. The van der Waals surface area contributed by atoms with E-state index in [1.165, 1.54) is 11.0 Å². The van der Waals surface area contributed by atoms with Crippen LogP contribution in [0.5, 0.6) is 17.2 Å². The Morgan fingerprint density at radius 3 is 2.47 bits per heavy atom. The number of carbonyl (C=O) groups is 2. The molecule has 2 amide bonds. The van der Waals surface area contributed by atoms with Gasteiger partial charge in [0.1, 0.15) is 23.4 Å². The van der Waals surface area contributed by atoms with Crippen molar-refractivity contribution in [2.45, 2.75) is 19.4 Å². The van der Waals surface area contributed by atoms with Gasteiger partial charge in [0.15, 0.2) is 5.82 Å². The lowest BCUT2D eigenvalue weighted by Crippen LogP contribution is -2.21. The highest BCUT2D eigenvalue weighted by molar-refractivity contribution is 6.32. The second-order valence-corrected chi connectivity index (χ2v) is 8.21. The van der Waals surface area contributed by atoms with Gasteiger partial charge < -0.3 is 24.8 Å². The molecule has 9 nitrogen and oxygen atoms in total. The van der Waals surface area contributed by atoms with Crippen LogP contribution in [0.25, 0.3) is 0 Å². The Morgan fingerprint density at radius 1 is 1.15 bits per heavy atom. The minimum atomic E-state index is -0.443. The Hall–Kier alpha value is -3.56. The second-order valence-electron chi connectivity index (χ2n) is 7.80. The van der Waals surface area contributed by atoms with Crippen molar-refractivity contribution < 1.29 is 24.2 Å². The predicted molar refractivity (Wildman–Crippen MR) is 129 cm³/mol. The molecule has 0 fully saturated rings. The normalized spacial score (nSPS) is 11.6. The monoisotopic (exact) mass is 486 g/mol. The first-order valence-electron chi connectivity index (χ1n) is 10.6. The van der Waals surface area contributed by atoms with Crippen LogP contribution in [0.3, 0.4) is 0 Å². The maximum absolute atomic E-state index is 12.9. The fourth-order valence-electron chi connectivity index (χ4n) is 3.04. The standard InChI is InChI=1S/C24H27ClN4O5/c1-5-17(14-30)33-18-10-16(23(31)26-22-8-9-29(4)27-22)11-19(13-18)34-21-7-6-15(12-20(21)25)24(32)28(2)3/h6-13,17,30H,5,14H2,1-4H3,(H,26,27,31)/t17-/m0/s1. The molecule has 2 N–H and O–H groups in total. The number of carbonyl (C=O) groups excluding carboxylic acids is 2. The SMILES string of the molecule is CC[C@@H](CO)Oc1cc(Oc2ccc(C(=O)N(C)C)cc2Cl)cc(C(=O)Nc2ccn(C)n2)c1. The van der Waals surface area contributed by atoms with E-state index in [4.69, 9.17) is 21.1 Å². The first-order chi connectivity index (χ1) is 16.2. The van der Waals surface area contributed by atoms with Crippen molar-refractivity contribution >= 4 is 29.2 Å². The van der Waals surface area contributed by atoms with Crippen LogP contribution in [-0.2, 0) is 7.05 Å². The van der Waals surface area contributed by atoms with E-state index in [2.05, 4.69) is 10.4 Å². The summed E-state index contributed by atoms with van der Waals surface area (Å²) < 4.78 is 13.3. The van der Waals surface area contributed by atoms with E-state index in [9.17, 15) is 14.7 Å². The Kier molecular flexibility index (Phi) is 8.14. The number of aromatic nitrogens is 2. The summed E-state index contributed by atoms with van der Waals surface area (Å²) in [6.07, 6.45) is 1.84. The summed E-state index contributed by atoms with van der Waals surface area (Å²) in [6, 6.07) is 11.1. The van der Waals surface area contributed by atoms with Crippen molar-refractivity contribution in [3.63, 3.8) is 0 Å². The Balaban J connectivity index is 1.91. The van der Waals surface area contributed by atoms with Crippen LogP contribution in [0, 0.1) is 0 Å². The summed E-state index contributed by atoms with van der Waals surface area (Å²) >= 11 is 6.36. The molecule has 0 radical (unpaired) electrons. The number of nitrogens with zero attached hydrogens (tertiary/aromatic N) is 3. The summed E-state index contributed by atoms with van der Waals surface area (Å²) in [5.74, 6) is 0.743. The molecular formula is C24H27ClN4O5. The van der Waals surface area contributed by atoms with E-state index >= 15 is 0 Å². The first kappa shape index (κ1) is 25.1. The molecule has 3 rings (SSSR count). The number of aliphatic hydroxyl groups is 1. The van der Waals surface area contributed by atoms with Crippen LogP contribution < -0.4 is 14.8 Å². The third kappa shape index (κ3) is 6.27. The van der Waals surface area contributed by atoms with Crippen molar-refractivity contribution in [2.24, 2.45) is 7.05 Å². The van der Waals surface area contributed by atoms with E-state index in [0.29, 0.717) is 35.1 Å². The third-order valence-electron chi connectivity index (χ3n) is 4.87. The van der Waals surface area contributed by atoms with Crippen LogP contribution in [0.2, 0.25) is 5.02 Å². The number of rotatable bonds is 9. The van der Waals surface area contributed by atoms with Gasteiger partial charge in [-0.1, -0.05) is 18.5 Å². The number of ether oxygens (including phenoxy) is 2. The van der Waals surface area contributed by atoms with Gasteiger partial charge in [0.05, 0.1) is 11.6 Å². The molecular weight excluding hydrogens is 460 g/mol. The highest BCUT2D eigenvalue weighted by atomic mass is 35.5. The van der Waals surface area contributed by atoms with E-state index in [1.54, 1.807) is 68.4 Å². The predicted octanol–water partition coefficient (Wildman–Crippen LogP) is 3.97. The fraction of sp³-hybridized carbons (Fsp3) is 0.292. The minimum Gasteiger partial charge on any atom is -0.488 e. The van der Waals surface area contributed by atoms with Gasteiger partial charge in [-0.15, -0.1) is 0 Å². The lowest BCUT2D eigenvalue weighted by atomic mass is 10.1. The first-order valence-corrected chi connectivity index (χ1v) is 11.0. The van der Waals surface area contributed by atoms with E-state index in [0.717, 1.165) is 0 Å².